The van der Waals surface area contributed by atoms with Gasteiger partial charge in [0.2, 0.25) is 0 Å². The second kappa shape index (κ2) is 11.2. The average Bonchev–Trinajstić information content (AvgIpc) is 3.02. The van der Waals surface area contributed by atoms with Crippen molar-refractivity contribution < 1.29 is 14.6 Å². The highest BCUT2D eigenvalue weighted by Crippen LogP contribution is 2.45. The molecule has 2 N–H and O–H groups in total. The summed E-state index contributed by atoms with van der Waals surface area (Å²) in [5.74, 6) is 0.904. The smallest absolute Gasteiger partial charge is 0.337 e. The Morgan fingerprint density at radius 2 is 1.97 bits per heavy atom. The van der Waals surface area contributed by atoms with Gasteiger partial charge >= 0.3 is 5.97 Å². The van der Waals surface area contributed by atoms with Crippen molar-refractivity contribution in [3.8, 4) is 16.2 Å². The van der Waals surface area contributed by atoms with Gasteiger partial charge in [-0.2, -0.15) is 0 Å². The zero-order chi connectivity index (χ0) is 24.0. The number of rotatable bonds is 6. The molecular formula is C27H33NO3S2. The van der Waals surface area contributed by atoms with Gasteiger partial charge in [0.25, 0.3) is 0 Å². The maximum Gasteiger partial charge on any atom is 0.337 e. The molecule has 2 aliphatic rings. The van der Waals surface area contributed by atoms with Crippen LogP contribution < -0.4 is 9.46 Å². The number of allylic oxidation sites excluding steroid dienone is 3. The van der Waals surface area contributed by atoms with Crippen LogP contribution in [0.2, 0.25) is 0 Å². The van der Waals surface area contributed by atoms with Crippen LogP contribution in [0, 0.1) is 11.3 Å². The van der Waals surface area contributed by atoms with E-state index >= 15 is 0 Å². The quantitative estimate of drug-likeness (QED) is 0.384. The van der Waals surface area contributed by atoms with E-state index in [-0.39, 0.29) is 11.3 Å². The van der Waals surface area contributed by atoms with Gasteiger partial charge in [0.15, 0.2) is 0 Å². The molecule has 0 saturated heterocycles. The molecule has 0 saturated carbocycles. The Bertz CT molecular complexity index is 1060. The summed E-state index contributed by atoms with van der Waals surface area (Å²) >= 11 is 5.69. The van der Waals surface area contributed by atoms with E-state index in [1.165, 1.54) is 4.88 Å². The first-order valence-electron chi connectivity index (χ1n) is 11.5. The number of hydrogen-bond acceptors (Lipinski definition) is 5. The van der Waals surface area contributed by atoms with Crippen molar-refractivity contribution in [2.24, 2.45) is 11.3 Å². The van der Waals surface area contributed by atoms with Crippen molar-refractivity contribution in [3.05, 3.63) is 76.4 Å². The minimum atomic E-state index is -0.837. The van der Waals surface area contributed by atoms with E-state index in [0.717, 1.165) is 53.3 Å². The summed E-state index contributed by atoms with van der Waals surface area (Å²) in [7, 11) is 0. The molecule has 0 bridgehead atoms. The molecule has 33 heavy (non-hydrogen) atoms. The molecule has 0 spiro atoms. The lowest BCUT2D eigenvalue weighted by Gasteiger charge is -2.29. The van der Waals surface area contributed by atoms with Crippen LogP contribution in [-0.4, -0.2) is 17.6 Å². The number of thiol groups is 1. The van der Waals surface area contributed by atoms with Gasteiger partial charge in [-0.1, -0.05) is 58.7 Å². The number of aromatic carboxylic acids is 1. The lowest BCUT2D eigenvalue weighted by atomic mass is 9.76. The molecule has 4 nitrogen and oxygen atoms in total. The Labute approximate surface area is 206 Å². The number of fused-ring (bicyclic) bond motifs is 1. The van der Waals surface area contributed by atoms with Gasteiger partial charge in [-0.3, -0.25) is 4.72 Å². The largest absolute Gasteiger partial charge is 0.478 e. The molecule has 1 atom stereocenters. The van der Waals surface area contributed by atoms with E-state index in [9.17, 15) is 9.90 Å². The summed E-state index contributed by atoms with van der Waals surface area (Å²) in [4.78, 5) is 14.2. The molecule has 2 aromatic rings. The summed E-state index contributed by atoms with van der Waals surface area (Å²) < 4.78 is 8.88. The van der Waals surface area contributed by atoms with Crippen LogP contribution in [0.3, 0.4) is 0 Å². The molecule has 6 heteroatoms. The van der Waals surface area contributed by atoms with Crippen LogP contribution >= 0.6 is 24.2 Å². The number of thiophene rings is 1. The van der Waals surface area contributed by atoms with Gasteiger partial charge in [-0.05, 0) is 72.2 Å². The SMILES string of the molecule is CC.CC1(C)CCc2sc(-c3ccc(OC4=CC=CC(CNS)C=C4)cc3)c(C(=O)O)c2C1. The predicted octanol–water partition coefficient (Wildman–Crippen LogP) is 7.09. The van der Waals surface area contributed by atoms with Crippen LogP contribution in [0.1, 0.15) is 54.9 Å². The fourth-order valence-electron chi connectivity index (χ4n) is 4.10. The molecule has 4 rings (SSSR count). The third-order valence-corrected chi connectivity index (χ3v) is 7.32. The van der Waals surface area contributed by atoms with Gasteiger partial charge in [-0.25, -0.2) is 4.79 Å². The van der Waals surface area contributed by atoms with Crippen LogP contribution in [-0.2, 0) is 12.8 Å². The second-order valence-electron chi connectivity index (χ2n) is 8.82. The molecule has 0 fully saturated rings. The summed E-state index contributed by atoms with van der Waals surface area (Å²) in [6, 6.07) is 7.71. The summed E-state index contributed by atoms with van der Waals surface area (Å²) in [6.45, 7) is 9.18. The minimum absolute atomic E-state index is 0.142. The number of nitrogens with one attached hydrogen (secondary N) is 1. The first-order valence-corrected chi connectivity index (χ1v) is 12.7. The highest BCUT2D eigenvalue weighted by atomic mass is 32.1. The van der Waals surface area contributed by atoms with Crippen LogP contribution in [0.4, 0.5) is 0 Å². The Kier molecular flexibility index (Phi) is 8.63. The topological polar surface area (TPSA) is 58.6 Å². The van der Waals surface area contributed by atoms with E-state index in [2.05, 4.69) is 43.5 Å². The number of carboxylic acids is 1. The maximum atomic E-state index is 12.1. The molecule has 1 unspecified atom stereocenters. The fraction of sp³-hybridized carbons (Fsp3) is 0.370. The molecule has 0 radical (unpaired) electrons. The van der Waals surface area contributed by atoms with Gasteiger partial charge in [0.05, 0.1) is 5.56 Å². The van der Waals surface area contributed by atoms with Crippen LogP contribution in [0.25, 0.3) is 10.4 Å². The van der Waals surface area contributed by atoms with Crippen molar-refractivity contribution in [1.82, 2.24) is 4.72 Å². The van der Waals surface area contributed by atoms with Crippen molar-refractivity contribution in [1.29, 1.82) is 0 Å². The molecule has 0 amide bonds. The van der Waals surface area contributed by atoms with Crippen LogP contribution in [0.5, 0.6) is 5.75 Å². The lowest BCUT2D eigenvalue weighted by Crippen LogP contribution is -2.22. The average molecular weight is 484 g/mol. The summed E-state index contributed by atoms with van der Waals surface area (Å²) in [5.41, 5.74) is 2.57. The van der Waals surface area contributed by atoms with Gasteiger partial charge in [-0.15, -0.1) is 11.3 Å². The second-order valence-corrected chi connectivity index (χ2v) is 10.2. The van der Waals surface area contributed by atoms with Crippen molar-refractivity contribution in [2.45, 2.75) is 47.0 Å². The van der Waals surface area contributed by atoms with Gasteiger partial charge in [0.1, 0.15) is 11.5 Å². The van der Waals surface area contributed by atoms with E-state index in [0.29, 0.717) is 5.56 Å². The monoisotopic (exact) mass is 483 g/mol. The molecule has 0 aliphatic heterocycles. The molecule has 2 aliphatic carbocycles. The van der Waals surface area contributed by atoms with Gasteiger partial charge in [0, 0.05) is 22.2 Å². The number of hydrogen-bond donors (Lipinski definition) is 3. The number of ether oxygens (including phenoxy) is 1. The molecular weight excluding hydrogens is 450 g/mol. The number of aryl methyl sites for hydroxylation is 1. The number of carbonyl (C=O) groups is 1. The molecule has 1 heterocycles. The molecule has 1 aromatic heterocycles. The van der Waals surface area contributed by atoms with E-state index < -0.39 is 5.97 Å². The zero-order valence-corrected chi connectivity index (χ0v) is 21.4. The highest BCUT2D eigenvalue weighted by molar-refractivity contribution is 7.78. The predicted molar refractivity (Wildman–Crippen MR) is 141 cm³/mol. The fourth-order valence-corrected chi connectivity index (χ4v) is 5.63. The van der Waals surface area contributed by atoms with Crippen molar-refractivity contribution in [2.75, 3.05) is 6.54 Å². The van der Waals surface area contributed by atoms with Gasteiger partial charge < -0.3 is 9.84 Å². The Morgan fingerprint density at radius 3 is 2.64 bits per heavy atom. The first kappa shape index (κ1) is 25.3. The minimum Gasteiger partial charge on any atom is -0.478 e. The third-order valence-electron chi connectivity index (χ3n) is 5.79. The number of benzene rings is 1. The van der Waals surface area contributed by atoms with E-state index in [4.69, 9.17) is 4.74 Å². The highest BCUT2D eigenvalue weighted by Gasteiger charge is 2.32. The van der Waals surface area contributed by atoms with Crippen molar-refractivity contribution >= 4 is 30.1 Å². The molecule has 176 valence electrons. The maximum absolute atomic E-state index is 12.1. The Balaban J connectivity index is 0.00000149. The van der Waals surface area contributed by atoms with E-state index in [1.807, 2.05) is 56.3 Å². The third kappa shape index (κ3) is 6.19. The standard InChI is InChI=1S/C25H27NO3S2.C2H6/c1-25(2)13-12-21-20(14-25)22(24(27)28)23(31-21)17-7-10-19(11-8-17)29-18-5-3-4-16(6-9-18)15-26-30;1-2/h3-11,16,26,30H,12-15H2,1-2H3,(H,27,28);1-2H3. The van der Waals surface area contributed by atoms with E-state index in [1.54, 1.807) is 11.3 Å². The normalized spacial score (nSPS) is 18.5. The zero-order valence-electron chi connectivity index (χ0n) is 19.7. The Hall–Kier alpha value is -2.28. The number of carboxylic acid groups (broad SMARTS) is 1. The summed E-state index contributed by atoms with van der Waals surface area (Å²) in [5, 5.41) is 9.95. The Morgan fingerprint density at radius 1 is 1.24 bits per heavy atom. The first-order chi connectivity index (χ1) is 15.9. The lowest BCUT2D eigenvalue weighted by molar-refractivity contribution is 0.0696. The van der Waals surface area contributed by atoms with Crippen LogP contribution in [0.15, 0.2) is 60.4 Å². The molecule has 1 aromatic carbocycles. The van der Waals surface area contributed by atoms with Crippen molar-refractivity contribution in [3.63, 3.8) is 0 Å². The summed E-state index contributed by atoms with van der Waals surface area (Å²) in [6.07, 6.45) is 12.9.